The van der Waals surface area contributed by atoms with Crippen molar-refractivity contribution in [3.63, 3.8) is 0 Å². The fourth-order valence-electron chi connectivity index (χ4n) is 1.49. The highest BCUT2D eigenvalue weighted by Crippen LogP contribution is 2.39. The van der Waals surface area contributed by atoms with Gasteiger partial charge in [0.25, 0.3) is 0 Å². The third-order valence-corrected chi connectivity index (χ3v) is 3.19. The van der Waals surface area contributed by atoms with E-state index >= 15 is 0 Å². The van der Waals surface area contributed by atoms with E-state index in [4.69, 9.17) is 9.84 Å². The molecule has 0 aliphatic rings. The zero-order valence-electron chi connectivity index (χ0n) is 8.88. The summed E-state index contributed by atoms with van der Waals surface area (Å²) in [5, 5.41) is 18.5. The number of phenolic OH excluding ortho intramolecular Hbond substituents is 1. The molecule has 2 N–H and O–H groups in total. The molecule has 0 atom stereocenters. The number of methoxy groups -OCH3 is 1. The third-order valence-electron chi connectivity index (χ3n) is 2.33. The summed E-state index contributed by atoms with van der Waals surface area (Å²) in [5.74, 6) is 0.586. The molecule has 84 valence electrons. The lowest BCUT2D eigenvalue weighted by molar-refractivity contribution is 0.288. The normalized spacial score (nSPS) is 10.4. The van der Waals surface area contributed by atoms with Gasteiger partial charge in [0.15, 0.2) is 11.5 Å². The fraction of sp³-hybridized carbons (Fsp3) is 0.455. The molecule has 0 unspecified atom stereocenters. The van der Waals surface area contributed by atoms with E-state index in [-0.39, 0.29) is 12.4 Å². The molecule has 1 rings (SSSR count). The van der Waals surface area contributed by atoms with Gasteiger partial charge in [0.2, 0.25) is 0 Å². The number of rotatable bonds is 4. The maximum Gasteiger partial charge on any atom is 0.172 e. The fourth-order valence-corrected chi connectivity index (χ4v) is 2.20. The maximum absolute atomic E-state index is 9.77. The van der Waals surface area contributed by atoms with Crippen LogP contribution in [-0.2, 0) is 6.42 Å². The molecule has 0 radical (unpaired) electrons. The number of hydrogen-bond acceptors (Lipinski definition) is 3. The highest BCUT2D eigenvalue weighted by molar-refractivity contribution is 9.10. The van der Waals surface area contributed by atoms with E-state index in [1.165, 1.54) is 7.11 Å². The molecule has 1 aromatic carbocycles. The van der Waals surface area contributed by atoms with Crippen LogP contribution < -0.4 is 4.74 Å². The predicted octanol–water partition coefficient (Wildman–Crippen LogP) is 2.40. The number of aliphatic hydroxyl groups excluding tert-OH is 1. The highest BCUT2D eigenvalue weighted by atomic mass is 79.9. The first-order valence-electron chi connectivity index (χ1n) is 4.77. The molecule has 0 aliphatic carbocycles. The summed E-state index contributed by atoms with van der Waals surface area (Å²) in [5.41, 5.74) is 2.06. The van der Waals surface area contributed by atoms with Crippen LogP contribution >= 0.6 is 15.9 Å². The predicted molar refractivity (Wildman–Crippen MR) is 62.5 cm³/mol. The van der Waals surface area contributed by atoms with Gasteiger partial charge < -0.3 is 14.9 Å². The van der Waals surface area contributed by atoms with Crippen LogP contribution in [0.5, 0.6) is 11.5 Å². The van der Waals surface area contributed by atoms with E-state index in [1.54, 1.807) is 6.07 Å². The van der Waals surface area contributed by atoms with Crippen LogP contribution in [0.2, 0.25) is 0 Å². The van der Waals surface area contributed by atoms with Crippen LogP contribution in [-0.4, -0.2) is 23.9 Å². The summed E-state index contributed by atoms with van der Waals surface area (Å²) >= 11 is 3.34. The van der Waals surface area contributed by atoms with Gasteiger partial charge in [-0.25, -0.2) is 0 Å². The largest absolute Gasteiger partial charge is 0.503 e. The minimum atomic E-state index is 0.121. The van der Waals surface area contributed by atoms with Crippen molar-refractivity contribution in [3.8, 4) is 11.5 Å². The molecule has 4 heteroatoms. The number of aromatic hydroxyl groups is 1. The van der Waals surface area contributed by atoms with Gasteiger partial charge in [-0.15, -0.1) is 0 Å². The zero-order valence-corrected chi connectivity index (χ0v) is 10.5. The zero-order chi connectivity index (χ0) is 11.4. The van der Waals surface area contributed by atoms with Gasteiger partial charge in [0.05, 0.1) is 11.6 Å². The SMILES string of the molecule is COc1cc(C)c(CCCO)c(Br)c1O. The second-order valence-electron chi connectivity index (χ2n) is 3.36. The molecule has 0 saturated heterocycles. The number of aliphatic hydroxyl groups is 1. The van der Waals surface area contributed by atoms with Crippen molar-refractivity contribution in [2.75, 3.05) is 13.7 Å². The van der Waals surface area contributed by atoms with Crippen molar-refractivity contribution < 1.29 is 14.9 Å². The Morgan fingerprint density at radius 2 is 2.13 bits per heavy atom. The van der Waals surface area contributed by atoms with Crippen LogP contribution in [0.25, 0.3) is 0 Å². The van der Waals surface area contributed by atoms with E-state index < -0.39 is 0 Å². The Morgan fingerprint density at radius 3 is 2.67 bits per heavy atom. The highest BCUT2D eigenvalue weighted by Gasteiger charge is 2.13. The number of benzene rings is 1. The average Bonchev–Trinajstić information content (AvgIpc) is 2.23. The summed E-state index contributed by atoms with van der Waals surface area (Å²) in [6.45, 7) is 2.11. The maximum atomic E-state index is 9.77. The van der Waals surface area contributed by atoms with Crippen LogP contribution in [0.3, 0.4) is 0 Å². The number of halogens is 1. The summed E-state index contributed by atoms with van der Waals surface area (Å²) in [7, 11) is 1.52. The molecule has 1 aromatic rings. The lowest BCUT2D eigenvalue weighted by atomic mass is 10.0. The Morgan fingerprint density at radius 1 is 1.47 bits per heavy atom. The van der Waals surface area contributed by atoms with Crippen LogP contribution in [0, 0.1) is 6.92 Å². The lowest BCUT2D eigenvalue weighted by Gasteiger charge is -2.13. The molecule has 0 amide bonds. The standard InChI is InChI=1S/C11H15BrO3/c1-7-6-9(15-2)11(14)10(12)8(7)4-3-5-13/h6,13-14H,3-5H2,1-2H3. The van der Waals surface area contributed by atoms with E-state index in [0.29, 0.717) is 16.6 Å². The van der Waals surface area contributed by atoms with Gasteiger partial charge in [-0.2, -0.15) is 0 Å². The van der Waals surface area contributed by atoms with Gasteiger partial charge in [-0.1, -0.05) is 0 Å². The minimum absolute atomic E-state index is 0.121. The molecule has 15 heavy (non-hydrogen) atoms. The Balaban J connectivity index is 3.11. The monoisotopic (exact) mass is 274 g/mol. The molecular weight excluding hydrogens is 260 g/mol. The van der Waals surface area contributed by atoms with Crippen molar-refractivity contribution in [2.24, 2.45) is 0 Å². The minimum Gasteiger partial charge on any atom is -0.503 e. The first-order chi connectivity index (χ1) is 7.11. The van der Waals surface area contributed by atoms with E-state index in [2.05, 4.69) is 15.9 Å². The van der Waals surface area contributed by atoms with Crippen molar-refractivity contribution in [1.82, 2.24) is 0 Å². The van der Waals surface area contributed by atoms with Gasteiger partial charge in [-0.3, -0.25) is 0 Å². The van der Waals surface area contributed by atoms with Crippen LogP contribution in [0.1, 0.15) is 17.5 Å². The quantitative estimate of drug-likeness (QED) is 0.887. The lowest BCUT2D eigenvalue weighted by Crippen LogP contribution is -1.96. The Bertz CT molecular complexity index is 350. The summed E-state index contributed by atoms with van der Waals surface area (Å²) in [6.07, 6.45) is 1.42. The van der Waals surface area contributed by atoms with Gasteiger partial charge in [0.1, 0.15) is 0 Å². The van der Waals surface area contributed by atoms with Crippen molar-refractivity contribution in [3.05, 3.63) is 21.7 Å². The topological polar surface area (TPSA) is 49.7 Å². The Labute approximate surface area is 97.8 Å². The first kappa shape index (κ1) is 12.3. The number of phenols is 1. The van der Waals surface area contributed by atoms with Crippen molar-refractivity contribution in [2.45, 2.75) is 19.8 Å². The van der Waals surface area contributed by atoms with Crippen LogP contribution in [0.4, 0.5) is 0 Å². The smallest absolute Gasteiger partial charge is 0.172 e. The number of aryl methyl sites for hydroxylation is 1. The van der Waals surface area contributed by atoms with E-state index in [1.807, 2.05) is 6.92 Å². The van der Waals surface area contributed by atoms with E-state index in [0.717, 1.165) is 17.5 Å². The number of hydrogen-bond donors (Lipinski definition) is 2. The second kappa shape index (κ2) is 5.37. The second-order valence-corrected chi connectivity index (χ2v) is 4.16. The molecule has 3 nitrogen and oxygen atoms in total. The van der Waals surface area contributed by atoms with Crippen LogP contribution in [0.15, 0.2) is 10.5 Å². The molecule has 0 heterocycles. The average molecular weight is 275 g/mol. The Hall–Kier alpha value is -0.740. The third kappa shape index (κ3) is 2.63. The summed E-state index contributed by atoms with van der Waals surface area (Å²) in [6, 6.07) is 1.80. The molecule has 0 bridgehead atoms. The molecule has 0 spiro atoms. The summed E-state index contributed by atoms with van der Waals surface area (Å²) in [4.78, 5) is 0. The number of ether oxygens (including phenoxy) is 1. The molecule has 0 saturated carbocycles. The molecule has 0 aliphatic heterocycles. The Kier molecular flexibility index (Phi) is 4.42. The van der Waals surface area contributed by atoms with E-state index in [9.17, 15) is 5.11 Å². The first-order valence-corrected chi connectivity index (χ1v) is 5.57. The summed E-state index contributed by atoms with van der Waals surface area (Å²) < 4.78 is 5.70. The molecule has 0 fully saturated rings. The van der Waals surface area contributed by atoms with Crippen molar-refractivity contribution in [1.29, 1.82) is 0 Å². The molecular formula is C11H15BrO3. The van der Waals surface area contributed by atoms with Crippen molar-refractivity contribution >= 4 is 15.9 Å². The van der Waals surface area contributed by atoms with Gasteiger partial charge in [-0.05, 0) is 52.9 Å². The van der Waals surface area contributed by atoms with Gasteiger partial charge >= 0.3 is 0 Å². The van der Waals surface area contributed by atoms with Gasteiger partial charge in [0, 0.05) is 6.61 Å². The molecule has 0 aromatic heterocycles.